The number of nitrogens with zero attached hydrogens (tertiary/aromatic N) is 2. The predicted molar refractivity (Wildman–Crippen MR) is 133 cm³/mol. The lowest BCUT2D eigenvalue weighted by atomic mass is 10.1. The normalized spacial score (nSPS) is 14.5. The summed E-state index contributed by atoms with van der Waals surface area (Å²) < 4.78 is 47.2. The average molecular weight is 498 g/mol. The van der Waals surface area contributed by atoms with Gasteiger partial charge >= 0.3 is 0 Å². The Morgan fingerprint density at radius 3 is 2.37 bits per heavy atom. The van der Waals surface area contributed by atoms with Crippen LogP contribution in [0.2, 0.25) is 0 Å². The van der Waals surface area contributed by atoms with E-state index in [1.807, 2.05) is 25.1 Å². The van der Waals surface area contributed by atoms with Crippen molar-refractivity contribution in [2.45, 2.75) is 18.4 Å². The van der Waals surface area contributed by atoms with E-state index in [2.05, 4.69) is 9.62 Å². The van der Waals surface area contributed by atoms with Gasteiger partial charge < -0.3 is 9.64 Å². The molecule has 184 valence electrons. The Hall–Kier alpha value is -3.43. The van der Waals surface area contributed by atoms with Crippen molar-refractivity contribution in [2.24, 2.45) is 0 Å². The monoisotopic (exact) mass is 497 g/mol. The summed E-state index contributed by atoms with van der Waals surface area (Å²) in [6.07, 6.45) is 0. The first-order chi connectivity index (χ1) is 16.7. The molecule has 1 amide bonds. The molecular formula is C26H28FN3O4S. The van der Waals surface area contributed by atoms with E-state index in [9.17, 15) is 17.6 Å². The van der Waals surface area contributed by atoms with Crippen LogP contribution in [-0.2, 0) is 16.6 Å². The van der Waals surface area contributed by atoms with E-state index in [1.165, 1.54) is 25.3 Å². The number of amides is 1. The fourth-order valence-corrected chi connectivity index (χ4v) is 5.09. The van der Waals surface area contributed by atoms with Gasteiger partial charge in [-0.15, -0.1) is 0 Å². The third-order valence-electron chi connectivity index (χ3n) is 5.98. The van der Waals surface area contributed by atoms with E-state index in [-0.39, 0.29) is 16.6 Å². The van der Waals surface area contributed by atoms with Gasteiger partial charge in [0.15, 0.2) is 11.6 Å². The number of hydrogen-bond donors (Lipinski definition) is 1. The predicted octanol–water partition coefficient (Wildman–Crippen LogP) is 3.90. The van der Waals surface area contributed by atoms with Crippen molar-refractivity contribution in [3.05, 3.63) is 89.2 Å². The zero-order valence-corrected chi connectivity index (χ0v) is 20.5. The number of benzene rings is 3. The number of carbonyl (C=O) groups is 1. The Bertz CT molecular complexity index is 1300. The van der Waals surface area contributed by atoms with E-state index in [1.54, 1.807) is 35.2 Å². The molecular weight excluding hydrogens is 469 g/mol. The first-order valence-electron chi connectivity index (χ1n) is 11.3. The molecule has 0 radical (unpaired) electrons. The molecule has 1 heterocycles. The average Bonchev–Trinajstić information content (AvgIpc) is 2.85. The van der Waals surface area contributed by atoms with Gasteiger partial charge in [-0.1, -0.05) is 29.8 Å². The van der Waals surface area contributed by atoms with Crippen molar-refractivity contribution < 1.29 is 22.3 Å². The zero-order valence-electron chi connectivity index (χ0n) is 19.7. The number of halogens is 1. The smallest absolute Gasteiger partial charge is 0.261 e. The summed E-state index contributed by atoms with van der Waals surface area (Å²) in [5.74, 6) is -0.402. The Morgan fingerprint density at radius 1 is 1.00 bits per heavy atom. The molecule has 9 heteroatoms. The molecule has 7 nitrogen and oxygen atoms in total. The van der Waals surface area contributed by atoms with Crippen molar-refractivity contribution in [2.75, 3.05) is 38.0 Å². The number of nitrogens with one attached hydrogen (secondary N) is 1. The minimum absolute atomic E-state index is 0.0316. The van der Waals surface area contributed by atoms with Gasteiger partial charge in [0.1, 0.15) is 0 Å². The summed E-state index contributed by atoms with van der Waals surface area (Å²) in [4.78, 5) is 17.0. The minimum atomic E-state index is -3.83. The van der Waals surface area contributed by atoms with E-state index in [0.29, 0.717) is 44.0 Å². The fraction of sp³-hybridized carbons (Fsp3) is 0.269. The molecule has 1 N–H and O–H groups in total. The van der Waals surface area contributed by atoms with Gasteiger partial charge in [-0.2, -0.15) is 0 Å². The Kier molecular flexibility index (Phi) is 7.37. The van der Waals surface area contributed by atoms with Crippen molar-refractivity contribution in [3.8, 4) is 5.75 Å². The molecule has 3 aromatic carbocycles. The number of rotatable bonds is 7. The lowest BCUT2D eigenvalue weighted by Gasteiger charge is -2.34. The van der Waals surface area contributed by atoms with Crippen molar-refractivity contribution in [1.82, 2.24) is 9.80 Å². The fourth-order valence-electron chi connectivity index (χ4n) is 3.99. The summed E-state index contributed by atoms with van der Waals surface area (Å²) in [6.45, 7) is 4.75. The number of ether oxygens (including phenoxy) is 1. The van der Waals surface area contributed by atoms with Crippen LogP contribution in [0.5, 0.6) is 5.75 Å². The van der Waals surface area contributed by atoms with E-state index < -0.39 is 15.8 Å². The molecule has 0 bridgehead atoms. The number of sulfonamides is 1. The molecule has 0 aliphatic carbocycles. The van der Waals surface area contributed by atoms with Gasteiger partial charge in [0.2, 0.25) is 0 Å². The summed E-state index contributed by atoms with van der Waals surface area (Å²) >= 11 is 0. The number of carbonyl (C=O) groups excluding carboxylic acids is 1. The second kappa shape index (κ2) is 10.5. The summed E-state index contributed by atoms with van der Waals surface area (Å²) in [6, 6.07) is 18.0. The van der Waals surface area contributed by atoms with E-state index >= 15 is 0 Å². The molecule has 0 aromatic heterocycles. The quantitative estimate of drug-likeness (QED) is 0.536. The summed E-state index contributed by atoms with van der Waals surface area (Å²) in [5.41, 5.74) is 2.64. The molecule has 1 saturated heterocycles. The molecule has 1 aliphatic heterocycles. The molecule has 1 aliphatic rings. The van der Waals surface area contributed by atoms with Gasteiger partial charge in [-0.25, -0.2) is 12.8 Å². The maximum Gasteiger partial charge on any atom is 0.261 e. The molecule has 35 heavy (non-hydrogen) atoms. The number of hydrogen-bond acceptors (Lipinski definition) is 5. The largest absolute Gasteiger partial charge is 0.494 e. The van der Waals surface area contributed by atoms with Crippen LogP contribution in [0.1, 0.15) is 21.5 Å². The number of methoxy groups -OCH3 is 1. The number of aryl methyl sites for hydroxylation is 1. The third kappa shape index (κ3) is 5.98. The van der Waals surface area contributed by atoms with Crippen LogP contribution in [0.4, 0.5) is 10.1 Å². The molecule has 4 rings (SSSR count). The van der Waals surface area contributed by atoms with E-state index in [0.717, 1.165) is 11.1 Å². The highest BCUT2D eigenvalue weighted by atomic mass is 32.2. The van der Waals surface area contributed by atoms with Crippen LogP contribution in [0, 0.1) is 12.7 Å². The molecule has 1 fully saturated rings. The maximum atomic E-state index is 14.0. The third-order valence-corrected chi connectivity index (χ3v) is 7.36. The minimum Gasteiger partial charge on any atom is -0.494 e. The number of anilines is 1. The van der Waals surface area contributed by atoms with Crippen LogP contribution in [0.25, 0.3) is 0 Å². The Labute approximate surface area is 205 Å². The highest BCUT2D eigenvalue weighted by Gasteiger charge is 2.24. The maximum absolute atomic E-state index is 14.0. The van der Waals surface area contributed by atoms with Gasteiger partial charge in [0, 0.05) is 44.0 Å². The van der Waals surface area contributed by atoms with Crippen LogP contribution < -0.4 is 9.46 Å². The zero-order chi connectivity index (χ0) is 25.0. The second-order valence-corrected chi connectivity index (χ2v) is 10.2. The summed E-state index contributed by atoms with van der Waals surface area (Å²) in [5, 5.41) is 0. The lowest BCUT2D eigenvalue weighted by Crippen LogP contribution is -2.48. The van der Waals surface area contributed by atoms with Crippen LogP contribution in [-0.4, -0.2) is 57.4 Å². The molecule has 3 aromatic rings. The Morgan fingerprint density at radius 2 is 1.71 bits per heavy atom. The second-order valence-electron chi connectivity index (χ2n) is 8.54. The molecule has 0 unspecified atom stereocenters. The van der Waals surface area contributed by atoms with Gasteiger partial charge in [-0.3, -0.25) is 14.4 Å². The van der Waals surface area contributed by atoms with Crippen molar-refractivity contribution >= 4 is 21.6 Å². The first-order valence-corrected chi connectivity index (χ1v) is 12.8. The highest BCUT2D eigenvalue weighted by Crippen LogP contribution is 2.21. The van der Waals surface area contributed by atoms with Crippen molar-refractivity contribution in [1.29, 1.82) is 0 Å². The number of piperazine rings is 1. The van der Waals surface area contributed by atoms with Crippen molar-refractivity contribution in [3.63, 3.8) is 0 Å². The van der Waals surface area contributed by atoms with Gasteiger partial charge in [-0.05, 0) is 55.0 Å². The lowest BCUT2D eigenvalue weighted by molar-refractivity contribution is 0.0628. The topological polar surface area (TPSA) is 79.0 Å². The highest BCUT2D eigenvalue weighted by molar-refractivity contribution is 7.92. The summed E-state index contributed by atoms with van der Waals surface area (Å²) in [7, 11) is -2.40. The first kappa shape index (κ1) is 24.7. The SMILES string of the molecule is COc1ccc(CN2CCN(C(=O)c3cccc(S(=O)(=O)Nc4ccc(C)cc4)c3)CC2)cc1F. The van der Waals surface area contributed by atoms with E-state index in [4.69, 9.17) is 4.74 Å². The Balaban J connectivity index is 1.38. The van der Waals surface area contributed by atoms with Crippen LogP contribution in [0.3, 0.4) is 0 Å². The van der Waals surface area contributed by atoms with Gasteiger partial charge in [0.05, 0.1) is 12.0 Å². The molecule has 0 saturated carbocycles. The standard InChI is InChI=1S/C26H28FN3O4S/c1-19-6-9-22(10-7-19)28-35(32,33)23-5-3-4-21(17-23)26(31)30-14-12-29(13-15-30)18-20-8-11-25(34-2)24(27)16-20/h3-11,16-17,28H,12-15,18H2,1-2H3. The van der Waals surface area contributed by atoms with Gasteiger partial charge in [0.25, 0.3) is 15.9 Å². The van der Waals surface area contributed by atoms with Crippen LogP contribution in [0.15, 0.2) is 71.6 Å². The molecule has 0 spiro atoms. The van der Waals surface area contributed by atoms with Crippen LogP contribution >= 0.6 is 0 Å². The molecule has 0 atom stereocenters.